The van der Waals surface area contributed by atoms with Crippen LogP contribution in [0.5, 0.6) is 0 Å². The Kier molecular flexibility index (Phi) is 4.19. The van der Waals surface area contributed by atoms with Gasteiger partial charge in [0.05, 0.1) is 17.4 Å². The quantitative estimate of drug-likeness (QED) is 0.679. The number of rotatable bonds is 4. The monoisotopic (exact) mass is 339 g/mol. The molecule has 1 aliphatic heterocycles. The van der Waals surface area contributed by atoms with Gasteiger partial charge in [-0.3, -0.25) is 15.0 Å². The Bertz CT molecular complexity index is 1010. The second-order valence-corrected chi connectivity index (χ2v) is 6.09. The Morgan fingerprint density at radius 1 is 0.962 bits per heavy atom. The van der Waals surface area contributed by atoms with Gasteiger partial charge in [0, 0.05) is 35.9 Å². The van der Waals surface area contributed by atoms with Crippen LogP contribution in [0.1, 0.15) is 18.2 Å². The maximum absolute atomic E-state index is 4.83. The summed E-state index contributed by atoms with van der Waals surface area (Å²) in [6, 6.07) is 11.4. The van der Waals surface area contributed by atoms with E-state index in [0.29, 0.717) is 5.82 Å². The summed E-state index contributed by atoms with van der Waals surface area (Å²) in [5.74, 6) is 0.597. The molecule has 0 amide bonds. The number of aliphatic imine (C=N–C) groups is 1. The van der Waals surface area contributed by atoms with E-state index in [1.165, 1.54) is 0 Å². The van der Waals surface area contributed by atoms with Crippen LogP contribution in [0.3, 0.4) is 0 Å². The van der Waals surface area contributed by atoms with E-state index in [4.69, 9.17) is 9.98 Å². The van der Waals surface area contributed by atoms with E-state index >= 15 is 0 Å². The predicted octanol–water partition coefficient (Wildman–Crippen LogP) is 3.76. The maximum Gasteiger partial charge on any atom is 0.178 e. The van der Waals surface area contributed by atoms with Gasteiger partial charge >= 0.3 is 0 Å². The first-order valence-corrected chi connectivity index (χ1v) is 8.32. The molecule has 0 bridgehead atoms. The molecule has 4 heterocycles. The van der Waals surface area contributed by atoms with E-state index in [-0.39, 0.29) is 6.04 Å². The molecule has 3 aromatic heterocycles. The summed E-state index contributed by atoms with van der Waals surface area (Å²) >= 11 is 0. The largest absolute Gasteiger partial charge is 0.272 e. The lowest BCUT2D eigenvalue weighted by Crippen LogP contribution is -2.07. The Labute approximate surface area is 151 Å². The summed E-state index contributed by atoms with van der Waals surface area (Å²) in [6.07, 6.45) is 9.11. The van der Waals surface area contributed by atoms with Crippen LogP contribution in [0.2, 0.25) is 0 Å². The Morgan fingerprint density at radius 2 is 1.88 bits per heavy atom. The fourth-order valence-electron chi connectivity index (χ4n) is 2.87. The second kappa shape index (κ2) is 6.80. The van der Waals surface area contributed by atoms with Gasteiger partial charge in [0.15, 0.2) is 5.82 Å². The maximum atomic E-state index is 4.83. The average molecular weight is 339 g/mol. The zero-order chi connectivity index (χ0) is 17.9. The summed E-state index contributed by atoms with van der Waals surface area (Å²) in [5, 5.41) is 0. The SMILES string of the molecule is C=C(C)C1N=C(c2cccnc2)C=C1c1ccnc(-c2ccccn2)n1. The van der Waals surface area contributed by atoms with Crippen molar-refractivity contribution in [2.24, 2.45) is 4.99 Å². The first-order chi connectivity index (χ1) is 12.7. The fraction of sp³-hybridized carbons (Fsp3) is 0.0952. The minimum Gasteiger partial charge on any atom is -0.272 e. The molecule has 1 aliphatic rings. The van der Waals surface area contributed by atoms with E-state index in [9.17, 15) is 0 Å². The summed E-state index contributed by atoms with van der Waals surface area (Å²) in [7, 11) is 0. The third kappa shape index (κ3) is 3.07. The second-order valence-electron chi connectivity index (χ2n) is 6.09. The zero-order valence-electron chi connectivity index (χ0n) is 14.4. The lowest BCUT2D eigenvalue weighted by molar-refractivity contribution is 0.976. The number of pyridine rings is 2. The topological polar surface area (TPSA) is 63.9 Å². The Hall–Kier alpha value is -3.47. The Balaban J connectivity index is 1.76. The highest BCUT2D eigenvalue weighted by molar-refractivity contribution is 6.15. The minimum absolute atomic E-state index is 0.128. The molecule has 0 spiro atoms. The molecule has 1 atom stereocenters. The van der Waals surface area contributed by atoms with E-state index < -0.39 is 0 Å². The van der Waals surface area contributed by atoms with Crippen molar-refractivity contribution < 1.29 is 0 Å². The van der Waals surface area contributed by atoms with Gasteiger partial charge in [-0.25, -0.2) is 9.97 Å². The third-order valence-electron chi connectivity index (χ3n) is 4.12. The van der Waals surface area contributed by atoms with Gasteiger partial charge in [0.1, 0.15) is 5.69 Å². The molecule has 0 fully saturated rings. The highest BCUT2D eigenvalue weighted by Gasteiger charge is 2.25. The highest BCUT2D eigenvalue weighted by Crippen LogP contribution is 2.30. The molecule has 4 rings (SSSR count). The van der Waals surface area contributed by atoms with Crippen LogP contribution in [-0.4, -0.2) is 31.7 Å². The van der Waals surface area contributed by atoms with Crippen molar-refractivity contribution in [2.75, 3.05) is 0 Å². The van der Waals surface area contributed by atoms with E-state index in [2.05, 4.69) is 27.6 Å². The molecule has 5 nitrogen and oxygen atoms in total. The van der Waals surface area contributed by atoms with Crippen molar-refractivity contribution in [3.63, 3.8) is 0 Å². The molecule has 26 heavy (non-hydrogen) atoms. The zero-order valence-corrected chi connectivity index (χ0v) is 14.4. The summed E-state index contributed by atoms with van der Waals surface area (Å²) < 4.78 is 0. The number of aromatic nitrogens is 4. The fourth-order valence-corrected chi connectivity index (χ4v) is 2.87. The number of hydrogen-bond acceptors (Lipinski definition) is 5. The molecule has 3 aromatic rings. The first kappa shape index (κ1) is 16.0. The summed E-state index contributed by atoms with van der Waals surface area (Å²) in [4.78, 5) is 22.4. The molecule has 0 N–H and O–H groups in total. The van der Waals surface area contributed by atoms with E-state index in [1.54, 1.807) is 18.6 Å². The molecule has 126 valence electrons. The molecular weight excluding hydrogens is 322 g/mol. The van der Waals surface area contributed by atoms with Gasteiger partial charge in [0.2, 0.25) is 0 Å². The molecular formula is C21H17N5. The molecule has 0 radical (unpaired) electrons. The van der Waals surface area contributed by atoms with Gasteiger partial charge in [-0.05, 0) is 43.3 Å². The van der Waals surface area contributed by atoms with Crippen molar-refractivity contribution in [2.45, 2.75) is 13.0 Å². The average Bonchev–Trinajstić information content (AvgIpc) is 3.15. The molecule has 0 aliphatic carbocycles. The number of allylic oxidation sites excluding steroid dienone is 1. The van der Waals surface area contributed by atoms with Gasteiger partial charge in [0.25, 0.3) is 0 Å². The molecule has 1 unspecified atom stereocenters. The Morgan fingerprint density at radius 3 is 2.62 bits per heavy atom. The van der Waals surface area contributed by atoms with Gasteiger partial charge in [-0.2, -0.15) is 0 Å². The van der Waals surface area contributed by atoms with Crippen molar-refractivity contribution in [3.8, 4) is 11.5 Å². The lowest BCUT2D eigenvalue weighted by Gasteiger charge is -2.12. The lowest BCUT2D eigenvalue weighted by atomic mass is 9.99. The van der Waals surface area contributed by atoms with Crippen molar-refractivity contribution >= 4 is 11.3 Å². The van der Waals surface area contributed by atoms with Crippen molar-refractivity contribution in [1.29, 1.82) is 0 Å². The minimum atomic E-state index is -0.128. The first-order valence-electron chi connectivity index (χ1n) is 8.32. The highest BCUT2D eigenvalue weighted by atomic mass is 14.9. The van der Waals surface area contributed by atoms with Crippen LogP contribution in [0.4, 0.5) is 0 Å². The van der Waals surface area contributed by atoms with Gasteiger partial charge in [-0.15, -0.1) is 0 Å². The summed E-state index contributed by atoms with van der Waals surface area (Å²) in [6.45, 7) is 6.08. The van der Waals surface area contributed by atoms with Crippen LogP contribution in [0, 0.1) is 0 Å². The van der Waals surface area contributed by atoms with Crippen LogP contribution < -0.4 is 0 Å². The standard InChI is InChI=1S/C21H17N5/c1-14(2)20-16(12-19(25-20)15-6-5-9-22-13-15)17-8-11-24-21(26-17)18-7-3-4-10-23-18/h3-13,20H,1H2,2H3. The van der Waals surface area contributed by atoms with Crippen LogP contribution in [0.25, 0.3) is 17.1 Å². The summed E-state index contributed by atoms with van der Waals surface area (Å²) in [5.41, 5.74) is 5.42. The van der Waals surface area contributed by atoms with E-state index in [0.717, 1.165) is 33.8 Å². The predicted molar refractivity (Wildman–Crippen MR) is 103 cm³/mol. The van der Waals surface area contributed by atoms with Crippen molar-refractivity contribution in [3.05, 3.63) is 90.7 Å². The van der Waals surface area contributed by atoms with Crippen LogP contribution in [-0.2, 0) is 0 Å². The number of hydrogen-bond donors (Lipinski definition) is 0. The van der Waals surface area contributed by atoms with Gasteiger partial charge < -0.3 is 0 Å². The third-order valence-corrected chi connectivity index (χ3v) is 4.12. The van der Waals surface area contributed by atoms with Crippen LogP contribution in [0.15, 0.2) is 84.4 Å². The molecule has 0 aromatic carbocycles. The molecule has 0 saturated carbocycles. The normalized spacial score (nSPS) is 16.1. The number of nitrogens with zero attached hydrogens (tertiary/aromatic N) is 5. The van der Waals surface area contributed by atoms with Crippen molar-refractivity contribution in [1.82, 2.24) is 19.9 Å². The smallest absolute Gasteiger partial charge is 0.178 e. The van der Waals surface area contributed by atoms with E-state index in [1.807, 2.05) is 49.5 Å². The molecule has 0 saturated heterocycles. The van der Waals surface area contributed by atoms with Crippen LogP contribution >= 0.6 is 0 Å². The van der Waals surface area contributed by atoms with Gasteiger partial charge in [-0.1, -0.05) is 18.2 Å². The molecule has 5 heteroatoms.